The number of nitrogens with one attached hydrogen (secondary N) is 3. The Morgan fingerprint density at radius 1 is 1.08 bits per heavy atom. The molecular weight excluding hydrogens is 650 g/mol. The average molecular weight is 682 g/mol. The summed E-state index contributed by atoms with van der Waals surface area (Å²) >= 11 is 0. The third-order valence-corrected chi connectivity index (χ3v) is 8.53. The Kier molecular flexibility index (Phi) is 8.65. The molecule has 4 aromatic rings. The van der Waals surface area contributed by atoms with Gasteiger partial charge in [-0.05, 0) is 68.3 Å². The molecule has 1 aliphatic heterocycles. The van der Waals surface area contributed by atoms with Crippen LogP contribution in [0.4, 0.5) is 17.6 Å². The van der Waals surface area contributed by atoms with Crippen molar-refractivity contribution in [3.8, 4) is 22.8 Å². The smallest absolute Gasteiger partial charge is 0.424 e. The van der Waals surface area contributed by atoms with Gasteiger partial charge in [0, 0.05) is 35.3 Å². The largest absolute Gasteiger partial charge is 0.489 e. The number of halogens is 4. The van der Waals surface area contributed by atoms with Gasteiger partial charge in [0.15, 0.2) is 0 Å². The number of benzene rings is 2. The Bertz CT molecular complexity index is 1950. The van der Waals surface area contributed by atoms with Gasteiger partial charge in [0.25, 0.3) is 5.91 Å². The zero-order valence-electron chi connectivity index (χ0n) is 26.3. The van der Waals surface area contributed by atoms with Crippen LogP contribution >= 0.6 is 0 Å². The number of aromatic nitrogens is 2. The van der Waals surface area contributed by atoms with Crippen molar-refractivity contribution in [2.45, 2.75) is 43.1 Å². The number of amides is 3. The van der Waals surface area contributed by atoms with Crippen LogP contribution in [-0.2, 0) is 20.6 Å². The van der Waals surface area contributed by atoms with Gasteiger partial charge < -0.3 is 30.5 Å². The van der Waals surface area contributed by atoms with Crippen LogP contribution in [0.1, 0.15) is 41.4 Å². The number of hydrogen-bond acceptors (Lipinski definition) is 8. The summed E-state index contributed by atoms with van der Waals surface area (Å²) in [5.41, 5.74) is -6.03. The predicted molar refractivity (Wildman–Crippen MR) is 167 cm³/mol. The number of rotatable bonds is 10. The molecular formula is C34H31F4N5O6. The van der Waals surface area contributed by atoms with Crippen LogP contribution in [0.25, 0.3) is 22.2 Å². The quantitative estimate of drug-likeness (QED) is 0.185. The normalized spacial score (nSPS) is 18.2. The summed E-state index contributed by atoms with van der Waals surface area (Å²) < 4.78 is 70.3. The number of carbonyl (C=O) groups is 3. The van der Waals surface area contributed by atoms with Gasteiger partial charge in [0.2, 0.25) is 17.4 Å². The lowest BCUT2D eigenvalue weighted by Crippen LogP contribution is -2.52. The standard InChI is InChI=1S/C34H31F4N5O6/c1-32(31(46)41-15-26(44)39-2)17-48-29-23(32)14-25(43-28(29)18-5-7-21(35)8-6-18)33(47,34(36,37)38)16-42-30(45)20-12-19-4-3-11-40-27(19)24(13-20)49-22-9-10-22/h3-8,11-14,22,47H,9-10,15-17H2,1-2H3,(H,39,44)(H,41,46)(H,42,45)/t32-,33?/m0/s1. The van der Waals surface area contributed by atoms with Gasteiger partial charge in [-0.25, -0.2) is 9.37 Å². The second kappa shape index (κ2) is 12.6. The molecule has 2 aliphatic rings. The summed E-state index contributed by atoms with van der Waals surface area (Å²) in [5.74, 6) is -2.58. The maximum Gasteiger partial charge on any atom is 0.424 e. The van der Waals surface area contributed by atoms with E-state index in [9.17, 15) is 37.1 Å². The van der Waals surface area contributed by atoms with Crippen molar-refractivity contribution >= 4 is 28.6 Å². The molecule has 49 heavy (non-hydrogen) atoms. The maximum atomic E-state index is 14.9. The van der Waals surface area contributed by atoms with E-state index in [1.807, 2.05) is 0 Å². The number of likely N-dealkylation sites (N-methyl/N-ethyl adjacent to an activating group) is 1. The molecule has 0 bridgehead atoms. The summed E-state index contributed by atoms with van der Waals surface area (Å²) in [5, 5.41) is 19.0. The van der Waals surface area contributed by atoms with Gasteiger partial charge in [-0.2, -0.15) is 13.2 Å². The molecule has 2 atom stereocenters. The second-order valence-electron chi connectivity index (χ2n) is 12.1. The minimum Gasteiger partial charge on any atom is -0.489 e. The molecule has 0 radical (unpaired) electrons. The first-order valence-electron chi connectivity index (χ1n) is 15.3. The van der Waals surface area contributed by atoms with Crippen LogP contribution in [0.15, 0.2) is 60.8 Å². The monoisotopic (exact) mass is 681 g/mol. The number of pyridine rings is 2. The fourth-order valence-electron chi connectivity index (χ4n) is 5.42. The minimum absolute atomic E-state index is 0.0247. The van der Waals surface area contributed by atoms with Crippen molar-refractivity contribution in [3.63, 3.8) is 0 Å². The molecule has 3 amide bonds. The van der Waals surface area contributed by atoms with Crippen LogP contribution in [0, 0.1) is 5.82 Å². The van der Waals surface area contributed by atoms with E-state index in [0.29, 0.717) is 16.7 Å². The molecule has 256 valence electrons. The zero-order chi connectivity index (χ0) is 35.1. The third kappa shape index (κ3) is 6.45. The number of aliphatic hydroxyl groups is 1. The Morgan fingerprint density at radius 2 is 1.82 bits per heavy atom. The van der Waals surface area contributed by atoms with E-state index in [0.717, 1.165) is 31.0 Å². The van der Waals surface area contributed by atoms with Crippen molar-refractivity contribution in [1.82, 2.24) is 25.9 Å². The fraction of sp³-hybridized carbons (Fsp3) is 0.324. The van der Waals surface area contributed by atoms with Crippen LogP contribution in [0.3, 0.4) is 0 Å². The Labute approximate surface area is 277 Å². The zero-order valence-corrected chi connectivity index (χ0v) is 26.3. The number of nitrogens with zero attached hydrogens (tertiary/aromatic N) is 2. The molecule has 6 rings (SSSR count). The molecule has 1 saturated carbocycles. The highest BCUT2D eigenvalue weighted by atomic mass is 19.4. The number of fused-ring (bicyclic) bond motifs is 2. The average Bonchev–Trinajstić information content (AvgIpc) is 3.84. The number of alkyl halides is 3. The first kappa shape index (κ1) is 33.6. The van der Waals surface area contributed by atoms with Crippen molar-refractivity contribution in [2.24, 2.45) is 0 Å². The fourth-order valence-corrected chi connectivity index (χ4v) is 5.42. The van der Waals surface area contributed by atoms with Crippen molar-refractivity contribution in [3.05, 3.63) is 83.4 Å². The molecule has 1 unspecified atom stereocenters. The van der Waals surface area contributed by atoms with Gasteiger partial charge in [-0.15, -0.1) is 0 Å². The maximum absolute atomic E-state index is 14.9. The van der Waals surface area contributed by atoms with E-state index >= 15 is 0 Å². The summed E-state index contributed by atoms with van der Waals surface area (Å²) in [4.78, 5) is 47.0. The Hall–Kier alpha value is -5.31. The molecule has 2 aromatic heterocycles. The molecule has 1 aliphatic carbocycles. The lowest BCUT2D eigenvalue weighted by molar-refractivity contribution is -0.265. The van der Waals surface area contributed by atoms with E-state index in [4.69, 9.17) is 9.47 Å². The van der Waals surface area contributed by atoms with Gasteiger partial charge in [-0.3, -0.25) is 19.4 Å². The highest BCUT2D eigenvalue weighted by molar-refractivity contribution is 6.00. The Morgan fingerprint density at radius 3 is 2.49 bits per heavy atom. The molecule has 11 nitrogen and oxygen atoms in total. The van der Waals surface area contributed by atoms with E-state index in [1.165, 1.54) is 38.2 Å². The summed E-state index contributed by atoms with van der Waals surface area (Å²) in [6.07, 6.45) is -2.27. The van der Waals surface area contributed by atoms with Crippen LogP contribution in [0.5, 0.6) is 11.5 Å². The molecule has 0 saturated heterocycles. The van der Waals surface area contributed by atoms with Crippen molar-refractivity contribution in [2.75, 3.05) is 26.7 Å². The molecule has 2 aromatic carbocycles. The number of carbonyl (C=O) groups excluding carboxylic acids is 3. The molecule has 15 heteroatoms. The third-order valence-electron chi connectivity index (χ3n) is 8.53. The van der Waals surface area contributed by atoms with E-state index in [-0.39, 0.29) is 40.8 Å². The molecule has 1 fully saturated rings. The molecule has 4 N–H and O–H groups in total. The molecule has 0 spiro atoms. The van der Waals surface area contributed by atoms with Gasteiger partial charge in [0.1, 0.15) is 40.5 Å². The van der Waals surface area contributed by atoms with Gasteiger partial charge in [0.05, 0.1) is 24.9 Å². The van der Waals surface area contributed by atoms with E-state index in [1.54, 1.807) is 18.3 Å². The summed E-state index contributed by atoms with van der Waals surface area (Å²) in [6.45, 7) is -0.723. The first-order valence-corrected chi connectivity index (χ1v) is 15.3. The van der Waals surface area contributed by atoms with Crippen molar-refractivity contribution in [1.29, 1.82) is 0 Å². The lowest BCUT2D eigenvalue weighted by atomic mass is 9.81. The first-order chi connectivity index (χ1) is 23.2. The van der Waals surface area contributed by atoms with E-state index < -0.39 is 59.5 Å². The van der Waals surface area contributed by atoms with Crippen LogP contribution < -0.4 is 25.4 Å². The molecule has 3 heterocycles. The summed E-state index contributed by atoms with van der Waals surface area (Å²) in [6, 6.07) is 11.7. The minimum atomic E-state index is -5.40. The summed E-state index contributed by atoms with van der Waals surface area (Å²) in [7, 11) is 1.37. The highest BCUT2D eigenvalue weighted by Gasteiger charge is 2.58. The number of ether oxygens (including phenoxy) is 2. The predicted octanol–water partition coefficient (Wildman–Crippen LogP) is 3.67. The Balaban J connectivity index is 1.39. The van der Waals surface area contributed by atoms with Crippen LogP contribution in [0.2, 0.25) is 0 Å². The lowest BCUT2D eigenvalue weighted by Gasteiger charge is -2.31. The number of hydrogen-bond donors (Lipinski definition) is 4. The second-order valence-corrected chi connectivity index (χ2v) is 12.1. The van der Waals surface area contributed by atoms with Crippen molar-refractivity contribution < 1.29 is 46.5 Å². The van der Waals surface area contributed by atoms with Crippen LogP contribution in [-0.4, -0.2) is 71.8 Å². The van der Waals surface area contributed by atoms with Gasteiger partial charge in [-0.1, -0.05) is 6.07 Å². The SMILES string of the molecule is CNC(=O)CNC(=O)[C@@]1(C)COc2c1cc(C(O)(CNC(=O)c1cc(OC3CC3)c3ncccc3c1)C(F)(F)F)nc2-c1ccc(F)cc1. The van der Waals surface area contributed by atoms with E-state index in [2.05, 4.69) is 25.9 Å². The van der Waals surface area contributed by atoms with Gasteiger partial charge >= 0.3 is 6.18 Å². The highest BCUT2D eigenvalue weighted by Crippen LogP contribution is 2.48. The topological polar surface area (TPSA) is 152 Å².